The van der Waals surface area contributed by atoms with E-state index in [1.165, 1.54) is 11.4 Å². The summed E-state index contributed by atoms with van der Waals surface area (Å²) in [5.41, 5.74) is 2.44. The zero-order valence-corrected chi connectivity index (χ0v) is 18.5. The van der Waals surface area contributed by atoms with Crippen molar-refractivity contribution in [1.29, 1.82) is 0 Å². The summed E-state index contributed by atoms with van der Waals surface area (Å²) in [7, 11) is 0. The highest BCUT2D eigenvalue weighted by molar-refractivity contribution is 5.98. The summed E-state index contributed by atoms with van der Waals surface area (Å²) in [6.07, 6.45) is 0.544. The average Bonchev–Trinajstić information content (AvgIpc) is 3.46. The minimum Gasteiger partial charge on any atom is -0.478 e. The molecule has 0 spiro atoms. The van der Waals surface area contributed by atoms with Gasteiger partial charge in [-0.2, -0.15) is 0 Å². The number of likely N-dealkylation sites (N-methyl/N-ethyl adjacent to an activating group) is 2. The molecular formula is C25H32N4O2. The molecule has 0 saturated heterocycles. The molecule has 2 aliphatic heterocycles. The second kappa shape index (κ2) is 10.3. The summed E-state index contributed by atoms with van der Waals surface area (Å²) in [5.74, 6) is 1.48. The summed E-state index contributed by atoms with van der Waals surface area (Å²) >= 11 is 0. The first kappa shape index (κ1) is 21.2. The first-order valence-electron chi connectivity index (χ1n) is 11.2. The first-order valence-corrected chi connectivity index (χ1v) is 11.2. The van der Waals surface area contributed by atoms with Gasteiger partial charge in [0, 0.05) is 37.6 Å². The SMILES string of the molecule is CCN(CC1COC(CC2=NC(CN(CC)c3ccccc3)CO2)=N1)c1ccccc1. The summed E-state index contributed by atoms with van der Waals surface area (Å²) < 4.78 is 11.7. The van der Waals surface area contributed by atoms with E-state index < -0.39 is 0 Å². The molecule has 2 aromatic carbocycles. The van der Waals surface area contributed by atoms with E-state index in [9.17, 15) is 0 Å². The highest BCUT2D eigenvalue weighted by Gasteiger charge is 2.26. The lowest BCUT2D eigenvalue weighted by Gasteiger charge is -2.24. The third-order valence-electron chi connectivity index (χ3n) is 5.71. The fraction of sp³-hybridized carbons (Fsp3) is 0.440. The Morgan fingerprint density at radius 2 is 1.13 bits per heavy atom. The number of para-hydroxylation sites is 2. The van der Waals surface area contributed by atoms with Crippen LogP contribution in [0.2, 0.25) is 0 Å². The van der Waals surface area contributed by atoms with Gasteiger partial charge >= 0.3 is 0 Å². The van der Waals surface area contributed by atoms with E-state index in [0.29, 0.717) is 19.6 Å². The first-order chi connectivity index (χ1) is 15.2. The van der Waals surface area contributed by atoms with Gasteiger partial charge in [0.2, 0.25) is 0 Å². The molecule has 0 N–H and O–H groups in total. The van der Waals surface area contributed by atoms with Gasteiger partial charge < -0.3 is 19.3 Å². The van der Waals surface area contributed by atoms with Gasteiger partial charge in [0.25, 0.3) is 0 Å². The minimum absolute atomic E-state index is 0.140. The van der Waals surface area contributed by atoms with Gasteiger partial charge in [-0.3, -0.25) is 0 Å². The normalized spacial score (nSPS) is 19.9. The van der Waals surface area contributed by atoms with Crippen LogP contribution in [-0.2, 0) is 9.47 Å². The maximum atomic E-state index is 5.87. The quantitative estimate of drug-likeness (QED) is 0.582. The van der Waals surface area contributed by atoms with Gasteiger partial charge in [-0.05, 0) is 38.1 Å². The molecule has 2 unspecified atom stereocenters. The summed E-state index contributed by atoms with van der Waals surface area (Å²) in [5, 5.41) is 0. The third kappa shape index (κ3) is 5.57. The predicted molar refractivity (Wildman–Crippen MR) is 128 cm³/mol. The molecule has 0 amide bonds. The van der Waals surface area contributed by atoms with Crippen LogP contribution in [0, 0.1) is 0 Å². The highest BCUT2D eigenvalue weighted by Crippen LogP contribution is 2.19. The topological polar surface area (TPSA) is 49.7 Å². The second-order valence-corrected chi connectivity index (χ2v) is 7.90. The molecule has 0 aliphatic carbocycles. The monoisotopic (exact) mass is 420 g/mol. The predicted octanol–water partition coefficient (Wildman–Crippen LogP) is 4.02. The Labute approximate surface area is 185 Å². The fourth-order valence-corrected chi connectivity index (χ4v) is 4.07. The summed E-state index contributed by atoms with van der Waals surface area (Å²) in [4.78, 5) is 14.3. The Kier molecular flexibility index (Phi) is 7.07. The van der Waals surface area contributed by atoms with E-state index in [1.54, 1.807) is 0 Å². The standard InChI is InChI=1S/C25H32N4O2/c1-3-28(22-11-7-5-8-12-22)16-20-18-30-24(26-20)15-25-27-21(19-31-25)17-29(4-2)23-13-9-6-10-14-23/h5-14,20-21H,3-4,15-19H2,1-2H3. The van der Waals surface area contributed by atoms with Crippen molar-refractivity contribution < 1.29 is 9.47 Å². The van der Waals surface area contributed by atoms with Gasteiger partial charge in [-0.25, -0.2) is 9.98 Å². The van der Waals surface area contributed by atoms with E-state index in [2.05, 4.69) is 72.2 Å². The maximum absolute atomic E-state index is 5.87. The van der Waals surface area contributed by atoms with E-state index >= 15 is 0 Å². The van der Waals surface area contributed by atoms with Crippen molar-refractivity contribution in [3.05, 3.63) is 60.7 Å². The molecule has 2 aromatic rings. The van der Waals surface area contributed by atoms with Crippen molar-refractivity contribution in [2.45, 2.75) is 32.4 Å². The smallest absolute Gasteiger partial charge is 0.193 e. The number of hydrogen-bond donors (Lipinski definition) is 0. The van der Waals surface area contributed by atoms with Crippen LogP contribution >= 0.6 is 0 Å². The molecule has 2 heterocycles. The molecule has 0 radical (unpaired) electrons. The Bertz CT molecular complexity index is 811. The summed E-state index contributed by atoms with van der Waals surface area (Å²) in [6, 6.07) is 21.2. The van der Waals surface area contributed by atoms with Gasteiger partial charge in [0.1, 0.15) is 25.3 Å². The van der Waals surface area contributed by atoms with Crippen molar-refractivity contribution in [3.63, 3.8) is 0 Å². The number of nitrogens with zero attached hydrogens (tertiary/aromatic N) is 4. The van der Waals surface area contributed by atoms with Crippen molar-refractivity contribution in [2.24, 2.45) is 9.98 Å². The molecule has 0 saturated carbocycles. The van der Waals surface area contributed by atoms with Gasteiger partial charge in [-0.15, -0.1) is 0 Å². The molecule has 2 aliphatic rings. The Morgan fingerprint density at radius 1 is 0.710 bits per heavy atom. The second-order valence-electron chi connectivity index (χ2n) is 7.90. The lowest BCUT2D eigenvalue weighted by atomic mass is 10.2. The Morgan fingerprint density at radius 3 is 1.52 bits per heavy atom. The van der Waals surface area contributed by atoms with Crippen LogP contribution in [0.1, 0.15) is 20.3 Å². The fourth-order valence-electron chi connectivity index (χ4n) is 4.07. The molecule has 0 aromatic heterocycles. The highest BCUT2D eigenvalue weighted by atomic mass is 16.5. The van der Waals surface area contributed by atoms with Crippen LogP contribution in [0.3, 0.4) is 0 Å². The molecular weight excluding hydrogens is 388 g/mol. The van der Waals surface area contributed by atoms with E-state index in [1.807, 2.05) is 12.1 Å². The number of benzene rings is 2. The zero-order valence-electron chi connectivity index (χ0n) is 18.5. The molecule has 31 heavy (non-hydrogen) atoms. The van der Waals surface area contributed by atoms with E-state index in [4.69, 9.17) is 19.5 Å². The van der Waals surface area contributed by atoms with Crippen LogP contribution in [0.5, 0.6) is 0 Å². The van der Waals surface area contributed by atoms with Crippen molar-refractivity contribution in [1.82, 2.24) is 0 Å². The molecule has 0 fully saturated rings. The zero-order chi connectivity index (χ0) is 21.5. The lowest BCUT2D eigenvalue weighted by Crippen LogP contribution is -2.32. The number of ether oxygens (including phenoxy) is 2. The average molecular weight is 421 g/mol. The maximum Gasteiger partial charge on any atom is 0.193 e. The van der Waals surface area contributed by atoms with Crippen molar-refractivity contribution >= 4 is 23.2 Å². The Balaban J connectivity index is 1.31. The third-order valence-corrected chi connectivity index (χ3v) is 5.71. The number of anilines is 2. The van der Waals surface area contributed by atoms with Crippen LogP contribution < -0.4 is 9.80 Å². The summed E-state index contributed by atoms with van der Waals surface area (Å²) in [6.45, 7) is 9.16. The van der Waals surface area contributed by atoms with Crippen LogP contribution in [0.4, 0.5) is 11.4 Å². The Hall–Kier alpha value is -3.02. The molecule has 6 heteroatoms. The molecule has 0 bridgehead atoms. The molecule has 6 nitrogen and oxygen atoms in total. The van der Waals surface area contributed by atoms with Crippen LogP contribution in [0.25, 0.3) is 0 Å². The number of rotatable bonds is 10. The minimum atomic E-state index is 0.140. The van der Waals surface area contributed by atoms with Crippen molar-refractivity contribution in [2.75, 3.05) is 49.2 Å². The van der Waals surface area contributed by atoms with E-state index in [-0.39, 0.29) is 12.1 Å². The van der Waals surface area contributed by atoms with Gasteiger partial charge in [0.15, 0.2) is 11.8 Å². The van der Waals surface area contributed by atoms with Gasteiger partial charge in [0.05, 0.1) is 6.42 Å². The molecule has 2 atom stereocenters. The molecule has 4 rings (SSSR count). The molecule has 164 valence electrons. The van der Waals surface area contributed by atoms with E-state index in [0.717, 1.165) is 38.0 Å². The van der Waals surface area contributed by atoms with Crippen molar-refractivity contribution in [3.8, 4) is 0 Å². The van der Waals surface area contributed by atoms with Crippen LogP contribution in [0.15, 0.2) is 70.6 Å². The number of hydrogen-bond acceptors (Lipinski definition) is 6. The van der Waals surface area contributed by atoms with Gasteiger partial charge in [-0.1, -0.05) is 36.4 Å². The van der Waals surface area contributed by atoms with Crippen LogP contribution in [-0.4, -0.2) is 63.3 Å². The number of aliphatic imine (C=N–C) groups is 2. The largest absolute Gasteiger partial charge is 0.478 e. The lowest BCUT2D eigenvalue weighted by molar-refractivity contribution is 0.299.